The average molecular weight is 280 g/mol. The maximum Gasteiger partial charge on any atom is 0.325 e. The molecule has 0 bridgehead atoms. The third kappa shape index (κ3) is 2.86. The molecular weight excluding hydrogens is 256 g/mol. The van der Waals surface area contributed by atoms with Gasteiger partial charge in [0, 0.05) is 26.2 Å². The summed E-state index contributed by atoms with van der Waals surface area (Å²) >= 11 is 0. The molecule has 2 rings (SSSR count). The molecule has 6 heteroatoms. The summed E-state index contributed by atoms with van der Waals surface area (Å²) in [5.41, 5.74) is 4.78. The van der Waals surface area contributed by atoms with Crippen molar-refractivity contribution in [3.8, 4) is 0 Å². The van der Waals surface area contributed by atoms with E-state index < -0.39 is 5.54 Å². The molecule has 20 heavy (non-hydrogen) atoms. The summed E-state index contributed by atoms with van der Waals surface area (Å²) < 4.78 is 0. The van der Waals surface area contributed by atoms with Crippen LogP contribution in [0.1, 0.15) is 25.7 Å². The number of carbonyl (C=O) groups excluding carboxylic acids is 2. The molecule has 0 unspecified atom stereocenters. The second kappa shape index (κ2) is 6.37. The molecule has 0 saturated carbocycles. The van der Waals surface area contributed by atoms with Crippen molar-refractivity contribution in [3.63, 3.8) is 0 Å². The minimum atomic E-state index is -0.669. The summed E-state index contributed by atoms with van der Waals surface area (Å²) in [6, 6.07) is -0.246. The summed E-state index contributed by atoms with van der Waals surface area (Å²) in [5, 5.41) is 2.91. The number of hydrogen-bond donors (Lipinski definition) is 2. The van der Waals surface area contributed by atoms with Gasteiger partial charge in [0.15, 0.2) is 0 Å². The van der Waals surface area contributed by atoms with Crippen LogP contribution in [0.3, 0.4) is 0 Å². The molecular formula is C14H24N4O2. The van der Waals surface area contributed by atoms with Crippen molar-refractivity contribution in [2.45, 2.75) is 31.2 Å². The van der Waals surface area contributed by atoms with Gasteiger partial charge in [0.1, 0.15) is 5.54 Å². The SMILES string of the molecule is C=CCN1CCC2(CC1)NC(=O)N(CCCCN)C2=O. The Bertz CT molecular complexity index is 389. The van der Waals surface area contributed by atoms with Gasteiger partial charge < -0.3 is 11.1 Å². The topological polar surface area (TPSA) is 78.7 Å². The molecule has 0 aromatic rings. The zero-order valence-electron chi connectivity index (χ0n) is 11.9. The Morgan fingerprint density at radius 2 is 2.00 bits per heavy atom. The van der Waals surface area contributed by atoms with Gasteiger partial charge in [0.05, 0.1) is 0 Å². The molecule has 0 aromatic carbocycles. The van der Waals surface area contributed by atoms with Gasteiger partial charge in [-0.1, -0.05) is 6.08 Å². The van der Waals surface area contributed by atoms with E-state index in [1.165, 1.54) is 4.90 Å². The fourth-order valence-corrected chi connectivity index (χ4v) is 2.93. The van der Waals surface area contributed by atoms with E-state index >= 15 is 0 Å². The van der Waals surface area contributed by atoms with Gasteiger partial charge in [-0.15, -0.1) is 6.58 Å². The standard InChI is InChI=1S/C14H24N4O2/c1-2-8-17-10-5-14(6-11-17)12(19)18(13(20)16-14)9-4-3-7-15/h2H,1,3-11,15H2,(H,16,20). The van der Waals surface area contributed by atoms with Crippen LogP contribution < -0.4 is 11.1 Å². The number of nitrogens with zero attached hydrogens (tertiary/aromatic N) is 2. The lowest BCUT2D eigenvalue weighted by Gasteiger charge is -2.36. The van der Waals surface area contributed by atoms with Crippen molar-refractivity contribution in [2.75, 3.05) is 32.7 Å². The maximum absolute atomic E-state index is 12.5. The van der Waals surface area contributed by atoms with Crippen molar-refractivity contribution in [3.05, 3.63) is 12.7 Å². The number of piperidine rings is 1. The predicted octanol–water partition coefficient (Wildman–Crippen LogP) is 0.298. The van der Waals surface area contributed by atoms with E-state index in [9.17, 15) is 9.59 Å². The van der Waals surface area contributed by atoms with Crippen molar-refractivity contribution in [1.29, 1.82) is 0 Å². The van der Waals surface area contributed by atoms with E-state index in [1.54, 1.807) is 0 Å². The largest absolute Gasteiger partial charge is 0.330 e. The summed E-state index contributed by atoms with van der Waals surface area (Å²) in [7, 11) is 0. The first-order chi connectivity index (χ1) is 9.63. The lowest BCUT2D eigenvalue weighted by atomic mass is 9.87. The Kier molecular flexibility index (Phi) is 4.77. The molecule has 112 valence electrons. The van der Waals surface area contributed by atoms with Crippen LogP contribution in [0.4, 0.5) is 4.79 Å². The molecule has 6 nitrogen and oxygen atoms in total. The summed E-state index contributed by atoms with van der Waals surface area (Å²) in [6.45, 7) is 7.25. The number of likely N-dealkylation sites (tertiary alicyclic amines) is 1. The van der Waals surface area contributed by atoms with Gasteiger partial charge in [-0.3, -0.25) is 14.6 Å². The van der Waals surface area contributed by atoms with Gasteiger partial charge in [0.25, 0.3) is 5.91 Å². The van der Waals surface area contributed by atoms with E-state index in [4.69, 9.17) is 5.73 Å². The first-order valence-electron chi connectivity index (χ1n) is 7.30. The molecule has 2 fully saturated rings. The number of hydrogen-bond acceptors (Lipinski definition) is 4. The number of imide groups is 1. The Hall–Kier alpha value is -1.40. The molecule has 2 saturated heterocycles. The number of nitrogens with two attached hydrogens (primary N) is 1. The Labute approximate surface area is 120 Å². The highest BCUT2D eigenvalue weighted by Crippen LogP contribution is 2.29. The van der Waals surface area contributed by atoms with E-state index in [1.807, 2.05) is 6.08 Å². The second-order valence-electron chi connectivity index (χ2n) is 5.55. The number of nitrogens with one attached hydrogen (secondary N) is 1. The summed E-state index contributed by atoms with van der Waals surface area (Å²) in [4.78, 5) is 28.1. The van der Waals surface area contributed by atoms with Gasteiger partial charge >= 0.3 is 6.03 Å². The zero-order valence-corrected chi connectivity index (χ0v) is 11.9. The Morgan fingerprint density at radius 3 is 2.60 bits per heavy atom. The van der Waals surface area contributed by atoms with Gasteiger partial charge in [-0.25, -0.2) is 4.79 Å². The van der Waals surface area contributed by atoms with Crippen molar-refractivity contribution >= 4 is 11.9 Å². The molecule has 2 heterocycles. The fourth-order valence-electron chi connectivity index (χ4n) is 2.93. The Balaban J connectivity index is 1.95. The number of unbranched alkanes of at least 4 members (excludes halogenated alkanes) is 1. The summed E-state index contributed by atoms with van der Waals surface area (Å²) in [5.74, 6) is -0.0576. The predicted molar refractivity (Wildman–Crippen MR) is 77.1 cm³/mol. The van der Waals surface area contributed by atoms with E-state index in [0.29, 0.717) is 25.9 Å². The van der Waals surface area contributed by atoms with Crippen LogP contribution >= 0.6 is 0 Å². The van der Waals surface area contributed by atoms with E-state index in [-0.39, 0.29) is 11.9 Å². The van der Waals surface area contributed by atoms with Crippen molar-refractivity contribution in [2.24, 2.45) is 5.73 Å². The molecule has 0 radical (unpaired) electrons. The zero-order chi connectivity index (χ0) is 14.6. The third-order valence-electron chi connectivity index (χ3n) is 4.18. The highest BCUT2D eigenvalue weighted by atomic mass is 16.2. The van der Waals surface area contributed by atoms with Gasteiger partial charge in [-0.05, 0) is 32.2 Å². The minimum Gasteiger partial charge on any atom is -0.330 e. The Morgan fingerprint density at radius 1 is 1.30 bits per heavy atom. The molecule has 0 aliphatic carbocycles. The first-order valence-corrected chi connectivity index (χ1v) is 7.30. The van der Waals surface area contributed by atoms with Crippen LogP contribution in [0.2, 0.25) is 0 Å². The second-order valence-corrected chi connectivity index (χ2v) is 5.55. The molecule has 3 amide bonds. The van der Waals surface area contributed by atoms with Crippen LogP contribution in [0.25, 0.3) is 0 Å². The molecule has 1 spiro atoms. The summed E-state index contributed by atoms with van der Waals surface area (Å²) in [6.07, 6.45) is 4.83. The van der Waals surface area contributed by atoms with Crippen LogP contribution in [-0.4, -0.2) is 60.0 Å². The lowest BCUT2D eigenvalue weighted by Crippen LogP contribution is -2.54. The van der Waals surface area contributed by atoms with Crippen LogP contribution in [0, 0.1) is 0 Å². The third-order valence-corrected chi connectivity index (χ3v) is 4.18. The number of amides is 3. The van der Waals surface area contributed by atoms with Gasteiger partial charge in [-0.2, -0.15) is 0 Å². The number of carbonyl (C=O) groups is 2. The average Bonchev–Trinajstić information content (AvgIpc) is 2.66. The normalized spacial score (nSPS) is 22.4. The minimum absolute atomic E-state index is 0.0576. The smallest absolute Gasteiger partial charge is 0.325 e. The molecule has 0 atom stereocenters. The highest BCUT2D eigenvalue weighted by Gasteiger charge is 2.51. The van der Waals surface area contributed by atoms with Crippen LogP contribution in [-0.2, 0) is 4.79 Å². The number of rotatable bonds is 6. The molecule has 3 N–H and O–H groups in total. The van der Waals surface area contributed by atoms with Crippen LogP contribution in [0.5, 0.6) is 0 Å². The molecule has 0 aromatic heterocycles. The fraction of sp³-hybridized carbons (Fsp3) is 0.714. The van der Waals surface area contributed by atoms with E-state index in [2.05, 4.69) is 16.8 Å². The van der Waals surface area contributed by atoms with Crippen molar-refractivity contribution in [1.82, 2.24) is 15.1 Å². The quantitative estimate of drug-likeness (QED) is 0.417. The highest BCUT2D eigenvalue weighted by molar-refractivity contribution is 6.07. The number of urea groups is 1. The lowest BCUT2D eigenvalue weighted by molar-refractivity contribution is -0.133. The van der Waals surface area contributed by atoms with Crippen LogP contribution in [0.15, 0.2) is 12.7 Å². The molecule has 2 aliphatic rings. The first kappa shape index (κ1) is 15.0. The monoisotopic (exact) mass is 280 g/mol. The molecule has 2 aliphatic heterocycles. The maximum atomic E-state index is 12.5. The van der Waals surface area contributed by atoms with Gasteiger partial charge in [0.2, 0.25) is 0 Å². The van der Waals surface area contributed by atoms with E-state index in [0.717, 1.165) is 32.5 Å². The van der Waals surface area contributed by atoms with Crippen molar-refractivity contribution < 1.29 is 9.59 Å².